The number of ether oxygens (including phenoxy) is 5. The van der Waals surface area contributed by atoms with Gasteiger partial charge in [-0.05, 0) is 53.6 Å². The van der Waals surface area contributed by atoms with Gasteiger partial charge in [0.15, 0.2) is 23.0 Å². The highest BCUT2D eigenvalue weighted by atomic mass is 16.7. The molecule has 1 fully saturated rings. The van der Waals surface area contributed by atoms with Gasteiger partial charge in [0.05, 0.1) is 32.9 Å². The maximum Gasteiger partial charge on any atom is 0.295 e. The fourth-order valence-electron chi connectivity index (χ4n) is 4.58. The second-order valence-electron chi connectivity index (χ2n) is 8.46. The van der Waals surface area contributed by atoms with Gasteiger partial charge >= 0.3 is 0 Å². The molecule has 0 aromatic heterocycles. The van der Waals surface area contributed by atoms with E-state index >= 15 is 0 Å². The van der Waals surface area contributed by atoms with Crippen molar-refractivity contribution in [3.05, 3.63) is 82.9 Å². The zero-order chi connectivity index (χ0) is 26.1. The first-order valence-electron chi connectivity index (χ1n) is 11.5. The third-order valence-electron chi connectivity index (χ3n) is 6.40. The van der Waals surface area contributed by atoms with E-state index in [1.807, 2.05) is 0 Å². The first-order valence-corrected chi connectivity index (χ1v) is 11.5. The highest BCUT2D eigenvalue weighted by Crippen LogP contribution is 2.43. The predicted octanol–water partition coefficient (Wildman–Crippen LogP) is 4.06. The molecule has 37 heavy (non-hydrogen) atoms. The summed E-state index contributed by atoms with van der Waals surface area (Å²) in [5.41, 5.74) is 1.63. The quantitative estimate of drug-likeness (QED) is 0.293. The molecule has 0 saturated carbocycles. The van der Waals surface area contributed by atoms with E-state index in [0.717, 1.165) is 5.56 Å². The van der Waals surface area contributed by atoms with Crippen LogP contribution in [-0.4, -0.2) is 49.8 Å². The molecule has 1 unspecified atom stereocenters. The number of aliphatic hydroxyl groups excluding tert-OH is 1. The fraction of sp³-hybridized carbons (Fsp3) is 0.214. The summed E-state index contributed by atoms with van der Waals surface area (Å²) >= 11 is 0. The van der Waals surface area contributed by atoms with Crippen LogP contribution in [0.5, 0.6) is 28.7 Å². The normalized spacial score (nSPS) is 17.7. The summed E-state index contributed by atoms with van der Waals surface area (Å²) in [5, 5.41) is 11.3. The van der Waals surface area contributed by atoms with E-state index in [0.29, 0.717) is 39.9 Å². The number of carbonyl (C=O) groups excluding carboxylic acids is 2. The largest absolute Gasteiger partial charge is 0.507 e. The van der Waals surface area contributed by atoms with Crippen LogP contribution >= 0.6 is 0 Å². The lowest BCUT2D eigenvalue weighted by Gasteiger charge is -2.26. The van der Waals surface area contributed by atoms with Crippen molar-refractivity contribution < 1.29 is 38.4 Å². The number of methoxy groups -OCH3 is 3. The smallest absolute Gasteiger partial charge is 0.295 e. The molecule has 0 spiro atoms. The Balaban J connectivity index is 1.62. The molecule has 0 radical (unpaired) electrons. The second-order valence-corrected chi connectivity index (χ2v) is 8.46. The van der Waals surface area contributed by atoms with Crippen LogP contribution in [0.15, 0.2) is 66.2 Å². The van der Waals surface area contributed by atoms with Gasteiger partial charge in [0.25, 0.3) is 11.7 Å². The van der Waals surface area contributed by atoms with Crippen LogP contribution < -0.4 is 23.7 Å². The van der Waals surface area contributed by atoms with E-state index in [9.17, 15) is 14.7 Å². The van der Waals surface area contributed by atoms with Gasteiger partial charge in [-0.2, -0.15) is 0 Å². The van der Waals surface area contributed by atoms with Crippen LogP contribution in [0.3, 0.4) is 0 Å². The van der Waals surface area contributed by atoms with Crippen molar-refractivity contribution in [1.29, 1.82) is 0 Å². The molecule has 1 N–H and O–H groups in total. The molecule has 1 atom stereocenters. The molecular weight excluding hydrogens is 478 g/mol. The Bertz CT molecular complexity index is 1410. The molecule has 3 aromatic carbocycles. The van der Waals surface area contributed by atoms with E-state index in [-0.39, 0.29) is 24.7 Å². The van der Waals surface area contributed by atoms with Crippen molar-refractivity contribution in [3.63, 3.8) is 0 Å². The van der Waals surface area contributed by atoms with Crippen LogP contribution in [0.25, 0.3) is 5.76 Å². The van der Waals surface area contributed by atoms with Crippen molar-refractivity contribution in [3.8, 4) is 28.7 Å². The summed E-state index contributed by atoms with van der Waals surface area (Å²) in [7, 11) is 4.59. The molecule has 1 amide bonds. The van der Waals surface area contributed by atoms with Gasteiger partial charge in [-0.3, -0.25) is 9.59 Å². The minimum absolute atomic E-state index is 0.0300. The topological polar surface area (TPSA) is 104 Å². The van der Waals surface area contributed by atoms with Crippen LogP contribution in [0.4, 0.5) is 0 Å². The first kappa shape index (κ1) is 24.1. The summed E-state index contributed by atoms with van der Waals surface area (Å²) in [6.07, 6.45) is 0. The molecule has 5 rings (SSSR count). The number of hydrogen-bond donors (Lipinski definition) is 1. The molecule has 2 aliphatic heterocycles. The number of carbonyl (C=O) groups is 2. The SMILES string of the molecule is COc1cccc(C2/C(=C(/O)c3ccc4c(c3)OCO4)C(=O)C(=O)N2Cc2ccc(OC)c(OC)c2)c1. The number of nitrogens with zero attached hydrogens (tertiary/aromatic N) is 1. The number of hydrogen-bond acceptors (Lipinski definition) is 8. The Morgan fingerprint density at radius 2 is 1.70 bits per heavy atom. The summed E-state index contributed by atoms with van der Waals surface area (Å²) < 4.78 is 26.9. The highest BCUT2D eigenvalue weighted by molar-refractivity contribution is 6.46. The minimum atomic E-state index is -0.867. The standard InChI is InChI=1S/C28H25NO8/c1-33-19-6-4-5-17(12-19)25-24(26(30)18-8-10-21-23(13-18)37-15-36-21)27(31)28(32)29(25)14-16-7-9-20(34-2)22(11-16)35-3/h4-13,25,30H,14-15H2,1-3H3/b26-24-. The summed E-state index contributed by atoms with van der Waals surface area (Å²) in [5.74, 6) is 0.747. The first-order chi connectivity index (χ1) is 17.9. The van der Waals surface area contributed by atoms with E-state index in [4.69, 9.17) is 23.7 Å². The number of amides is 1. The third kappa shape index (κ3) is 4.29. The number of benzene rings is 3. The van der Waals surface area contributed by atoms with Gasteiger partial charge in [0, 0.05) is 12.1 Å². The molecule has 3 aromatic rings. The van der Waals surface area contributed by atoms with Gasteiger partial charge in [0.2, 0.25) is 6.79 Å². The number of ketones is 1. The third-order valence-corrected chi connectivity index (χ3v) is 6.40. The van der Waals surface area contributed by atoms with Crippen LogP contribution in [0.2, 0.25) is 0 Å². The molecule has 190 valence electrons. The Labute approximate surface area is 213 Å². The van der Waals surface area contributed by atoms with Crippen LogP contribution in [0, 0.1) is 0 Å². The second kappa shape index (κ2) is 9.77. The molecule has 0 aliphatic carbocycles. The summed E-state index contributed by atoms with van der Waals surface area (Å²) in [6.45, 7) is 0.157. The minimum Gasteiger partial charge on any atom is -0.507 e. The lowest BCUT2D eigenvalue weighted by molar-refractivity contribution is -0.140. The number of fused-ring (bicyclic) bond motifs is 1. The zero-order valence-electron chi connectivity index (χ0n) is 20.5. The zero-order valence-corrected chi connectivity index (χ0v) is 20.5. The van der Waals surface area contributed by atoms with E-state index in [1.165, 1.54) is 26.2 Å². The maximum absolute atomic E-state index is 13.4. The van der Waals surface area contributed by atoms with Crippen molar-refractivity contribution in [1.82, 2.24) is 4.90 Å². The number of rotatable bonds is 7. The molecule has 9 nitrogen and oxygen atoms in total. The van der Waals surface area contributed by atoms with Crippen molar-refractivity contribution in [2.75, 3.05) is 28.1 Å². The van der Waals surface area contributed by atoms with Gasteiger partial charge in [-0.25, -0.2) is 0 Å². The molecule has 2 heterocycles. The predicted molar refractivity (Wildman–Crippen MR) is 133 cm³/mol. The number of Topliss-reactive ketones (excluding diaryl/α,β-unsaturated/α-hetero) is 1. The molecular formula is C28H25NO8. The highest BCUT2D eigenvalue weighted by Gasteiger charge is 2.46. The van der Waals surface area contributed by atoms with Gasteiger partial charge < -0.3 is 33.7 Å². The van der Waals surface area contributed by atoms with Crippen molar-refractivity contribution in [2.45, 2.75) is 12.6 Å². The molecule has 0 bridgehead atoms. The monoisotopic (exact) mass is 503 g/mol. The Kier molecular flexibility index (Phi) is 6.35. The Morgan fingerprint density at radius 1 is 0.919 bits per heavy atom. The van der Waals surface area contributed by atoms with E-state index in [2.05, 4.69) is 0 Å². The number of aliphatic hydroxyl groups is 1. The summed E-state index contributed by atoms with van der Waals surface area (Å²) in [4.78, 5) is 28.2. The van der Waals surface area contributed by atoms with Crippen molar-refractivity contribution >= 4 is 17.4 Å². The Hall–Kier alpha value is -4.66. The Morgan fingerprint density at radius 3 is 2.46 bits per heavy atom. The van der Waals surface area contributed by atoms with Gasteiger partial charge in [-0.1, -0.05) is 18.2 Å². The van der Waals surface area contributed by atoms with Crippen molar-refractivity contribution in [2.24, 2.45) is 0 Å². The van der Waals surface area contributed by atoms with E-state index in [1.54, 1.807) is 60.7 Å². The average Bonchev–Trinajstić information content (AvgIpc) is 3.50. The maximum atomic E-state index is 13.4. The average molecular weight is 504 g/mol. The van der Waals surface area contributed by atoms with Gasteiger partial charge in [-0.15, -0.1) is 0 Å². The molecule has 1 saturated heterocycles. The molecule has 9 heteroatoms. The lowest BCUT2D eigenvalue weighted by atomic mass is 9.95. The van der Waals surface area contributed by atoms with E-state index < -0.39 is 17.7 Å². The lowest BCUT2D eigenvalue weighted by Crippen LogP contribution is -2.29. The van der Waals surface area contributed by atoms with Crippen LogP contribution in [0.1, 0.15) is 22.7 Å². The summed E-state index contributed by atoms with van der Waals surface area (Å²) in [6, 6.07) is 16.3. The van der Waals surface area contributed by atoms with Crippen LogP contribution in [-0.2, 0) is 16.1 Å². The number of likely N-dealkylation sites (tertiary alicyclic amines) is 1. The molecule has 2 aliphatic rings. The van der Waals surface area contributed by atoms with Gasteiger partial charge in [0.1, 0.15) is 11.5 Å². The fourth-order valence-corrected chi connectivity index (χ4v) is 4.58.